The lowest BCUT2D eigenvalue weighted by molar-refractivity contribution is -0.0888. The number of ether oxygens (including phenoxy) is 1. The van der Waals surface area contributed by atoms with Crippen LogP contribution in [0.2, 0.25) is 0 Å². The fourth-order valence-corrected chi connectivity index (χ4v) is 1.05. The Labute approximate surface area is 55.1 Å². The van der Waals surface area contributed by atoms with Crippen molar-refractivity contribution in [2.45, 2.75) is 31.7 Å². The van der Waals surface area contributed by atoms with Crippen molar-refractivity contribution in [2.75, 3.05) is 0 Å². The number of hydrogen-bond donors (Lipinski definition) is 1. The molecule has 9 heavy (non-hydrogen) atoms. The van der Waals surface area contributed by atoms with Crippen LogP contribution in [0, 0.1) is 0 Å². The van der Waals surface area contributed by atoms with Crippen LogP contribution in [0.15, 0.2) is 12.7 Å². The molecule has 1 N–H and O–H groups in total. The van der Waals surface area contributed by atoms with Crippen molar-refractivity contribution in [2.24, 2.45) is 0 Å². The van der Waals surface area contributed by atoms with Gasteiger partial charge in [-0.05, 0) is 12.8 Å². The van der Waals surface area contributed by atoms with E-state index in [9.17, 15) is 0 Å². The van der Waals surface area contributed by atoms with Gasteiger partial charge in [-0.25, -0.2) is 0 Å². The molecule has 1 fully saturated rings. The van der Waals surface area contributed by atoms with E-state index in [0.29, 0.717) is 0 Å². The normalized spacial score (nSPS) is 34.8. The quantitative estimate of drug-likeness (QED) is 0.563. The SMILES string of the molecule is C=CCC1CCC(O)O1. The molecule has 1 aliphatic heterocycles. The number of hydrogen-bond acceptors (Lipinski definition) is 2. The van der Waals surface area contributed by atoms with Crippen LogP contribution in [0.4, 0.5) is 0 Å². The minimum absolute atomic E-state index is 0.220. The van der Waals surface area contributed by atoms with Crippen LogP contribution in [-0.2, 0) is 4.74 Å². The van der Waals surface area contributed by atoms with Crippen molar-refractivity contribution in [3.63, 3.8) is 0 Å². The molecular weight excluding hydrogens is 116 g/mol. The van der Waals surface area contributed by atoms with E-state index in [0.717, 1.165) is 19.3 Å². The lowest BCUT2D eigenvalue weighted by atomic mass is 10.2. The van der Waals surface area contributed by atoms with Crippen molar-refractivity contribution in [3.8, 4) is 0 Å². The Morgan fingerprint density at radius 2 is 2.44 bits per heavy atom. The van der Waals surface area contributed by atoms with Crippen molar-refractivity contribution in [1.29, 1.82) is 0 Å². The summed E-state index contributed by atoms with van der Waals surface area (Å²) in [5.41, 5.74) is 0. The molecule has 0 saturated carbocycles. The predicted molar refractivity (Wildman–Crippen MR) is 34.9 cm³/mol. The molecule has 1 aliphatic rings. The second kappa shape index (κ2) is 2.99. The van der Waals surface area contributed by atoms with E-state index in [1.54, 1.807) is 0 Å². The summed E-state index contributed by atoms with van der Waals surface area (Å²) in [6.45, 7) is 3.59. The van der Waals surface area contributed by atoms with Crippen molar-refractivity contribution >= 4 is 0 Å². The van der Waals surface area contributed by atoms with Crippen LogP contribution in [0.5, 0.6) is 0 Å². The minimum atomic E-state index is -0.519. The van der Waals surface area contributed by atoms with Gasteiger partial charge in [-0.3, -0.25) is 0 Å². The first-order valence-corrected chi connectivity index (χ1v) is 3.27. The maximum Gasteiger partial charge on any atom is 0.155 e. The third-order valence-electron chi connectivity index (χ3n) is 1.51. The Morgan fingerprint density at radius 1 is 1.67 bits per heavy atom. The van der Waals surface area contributed by atoms with E-state index < -0.39 is 6.29 Å². The van der Waals surface area contributed by atoms with Crippen molar-refractivity contribution in [3.05, 3.63) is 12.7 Å². The topological polar surface area (TPSA) is 29.5 Å². The zero-order chi connectivity index (χ0) is 6.69. The van der Waals surface area contributed by atoms with E-state index in [2.05, 4.69) is 6.58 Å². The zero-order valence-corrected chi connectivity index (χ0v) is 5.42. The van der Waals surface area contributed by atoms with Gasteiger partial charge in [0.25, 0.3) is 0 Å². The van der Waals surface area contributed by atoms with Gasteiger partial charge in [0.05, 0.1) is 6.10 Å². The Kier molecular flexibility index (Phi) is 2.25. The Morgan fingerprint density at radius 3 is 2.89 bits per heavy atom. The smallest absolute Gasteiger partial charge is 0.155 e. The van der Waals surface area contributed by atoms with Crippen LogP contribution < -0.4 is 0 Å². The molecule has 0 aliphatic carbocycles. The summed E-state index contributed by atoms with van der Waals surface area (Å²) >= 11 is 0. The van der Waals surface area contributed by atoms with E-state index in [-0.39, 0.29) is 6.10 Å². The fraction of sp³-hybridized carbons (Fsp3) is 0.714. The molecular formula is C7H12O2. The molecule has 2 nitrogen and oxygen atoms in total. The van der Waals surface area contributed by atoms with Gasteiger partial charge in [-0.1, -0.05) is 6.08 Å². The highest BCUT2D eigenvalue weighted by Gasteiger charge is 2.21. The Hall–Kier alpha value is -0.340. The molecule has 0 aromatic rings. The molecule has 1 rings (SSSR count). The highest BCUT2D eigenvalue weighted by molar-refractivity contribution is 4.77. The summed E-state index contributed by atoms with van der Waals surface area (Å²) in [5, 5.41) is 8.87. The number of aliphatic hydroxyl groups excluding tert-OH is 1. The van der Waals surface area contributed by atoms with Crippen molar-refractivity contribution in [1.82, 2.24) is 0 Å². The molecule has 2 heteroatoms. The highest BCUT2D eigenvalue weighted by atomic mass is 16.6. The average molecular weight is 128 g/mol. The van der Waals surface area contributed by atoms with Crippen molar-refractivity contribution < 1.29 is 9.84 Å². The molecule has 2 atom stereocenters. The monoisotopic (exact) mass is 128 g/mol. The van der Waals surface area contributed by atoms with Gasteiger partial charge in [0.15, 0.2) is 6.29 Å². The van der Waals surface area contributed by atoms with E-state index in [4.69, 9.17) is 9.84 Å². The van der Waals surface area contributed by atoms with E-state index in [1.165, 1.54) is 0 Å². The van der Waals surface area contributed by atoms with Crippen LogP contribution in [-0.4, -0.2) is 17.5 Å². The summed E-state index contributed by atoms with van der Waals surface area (Å²) in [7, 11) is 0. The van der Waals surface area contributed by atoms with Gasteiger partial charge >= 0.3 is 0 Å². The molecule has 0 spiro atoms. The Bertz CT molecular complexity index is 101. The lowest BCUT2D eigenvalue weighted by Gasteiger charge is -2.05. The second-order valence-corrected chi connectivity index (χ2v) is 2.31. The first kappa shape index (κ1) is 6.78. The molecule has 0 bridgehead atoms. The van der Waals surface area contributed by atoms with Crippen LogP contribution in [0.1, 0.15) is 19.3 Å². The first-order chi connectivity index (χ1) is 4.33. The van der Waals surface area contributed by atoms with Gasteiger partial charge in [0.1, 0.15) is 0 Å². The van der Waals surface area contributed by atoms with Gasteiger partial charge in [0.2, 0.25) is 0 Å². The second-order valence-electron chi connectivity index (χ2n) is 2.31. The summed E-state index contributed by atoms with van der Waals surface area (Å²) < 4.78 is 5.09. The van der Waals surface area contributed by atoms with Crippen LogP contribution in [0.3, 0.4) is 0 Å². The molecule has 0 amide bonds. The minimum Gasteiger partial charge on any atom is -0.368 e. The van der Waals surface area contributed by atoms with E-state index in [1.807, 2.05) is 6.08 Å². The van der Waals surface area contributed by atoms with Crippen LogP contribution in [0.25, 0.3) is 0 Å². The maximum atomic E-state index is 8.87. The molecule has 0 aromatic carbocycles. The summed E-state index contributed by atoms with van der Waals surface area (Å²) in [6, 6.07) is 0. The fourth-order valence-electron chi connectivity index (χ4n) is 1.05. The average Bonchev–Trinajstić information content (AvgIpc) is 2.17. The third-order valence-corrected chi connectivity index (χ3v) is 1.51. The van der Waals surface area contributed by atoms with Gasteiger partial charge in [0, 0.05) is 6.42 Å². The molecule has 0 radical (unpaired) electrons. The standard InChI is InChI=1S/C7H12O2/c1-2-3-6-4-5-7(8)9-6/h2,6-8H,1,3-5H2. The maximum absolute atomic E-state index is 8.87. The number of rotatable bonds is 2. The number of aliphatic hydroxyl groups is 1. The summed E-state index contributed by atoms with van der Waals surface area (Å²) in [6.07, 6.45) is 4.12. The van der Waals surface area contributed by atoms with Crippen LogP contribution >= 0.6 is 0 Å². The first-order valence-electron chi connectivity index (χ1n) is 3.27. The Balaban J connectivity index is 2.21. The van der Waals surface area contributed by atoms with E-state index >= 15 is 0 Å². The summed E-state index contributed by atoms with van der Waals surface area (Å²) in [5.74, 6) is 0. The predicted octanol–water partition coefficient (Wildman–Crippen LogP) is 1.06. The lowest BCUT2D eigenvalue weighted by Crippen LogP contribution is -2.08. The molecule has 2 unspecified atom stereocenters. The largest absolute Gasteiger partial charge is 0.368 e. The van der Waals surface area contributed by atoms with Gasteiger partial charge < -0.3 is 9.84 Å². The summed E-state index contributed by atoms with van der Waals surface area (Å²) in [4.78, 5) is 0. The zero-order valence-electron chi connectivity index (χ0n) is 5.42. The van der Waals surface area contributed by atoms with Gasteiger partial charge in [-0.2, -0.15) is 0 Å². The van der Waals surface area contributed by atoms with Gasteiger partial charge in [-0.15, -0.1) is 6.58 Å². The molecule has 0 aromatic heterocycles. The molecule has 1 saturated heterocycles. The molecule has 52 valence electrons. The third kappa shape index (κ3) is 1.80. The highest BCUT2D eigenvalue weighted by Crippen LogP contribution is 2.19. The molecule has 1 heterocycles.